The largest absolute Gasteiger partial charge is 0.348 e. The number of fused-ring (bicyclic) bond motifs is 1. The summed E-state index contributed by atoms with van der Waals surface area (Å²) in [6, 6.07) is 6.25. The molecule has 0 saturated carbocycles. The number of amidine groups is 1. The average molecular weight is 314 g/mol. The number of thioether (sulfide) groups is 1. The second-order valence-electron chi connectivity index (χ2n) is 5.15. The number of hydrogen-bond donors (Lipinski definition) is 0. The van der Waals surface area contributed by atoms with E-state index in [0.29, 0.717) is 5.75 Å². The molecule has 1 aromatic rings. The summed E-state index contributed by atoms with van der Waals surface area (Å²) in [5.41, 5.74) is 1.03. The van der Waals surface area contributed by atoms with Gasteiger partial charge in [-0.1, -0.05) is 23.9 Å². The van der Waals surface area contributed by atoms with Crippen molar-refractivity contribution >= 4 is 26.8 Å². The number of nitrogens with zero attached hydrogens (tertiary/aromatic N) is 2. The van der Waals surface area contributed by atoms with E-state index in [4.69, 9.17) is 0 Å². The number of halogens is 1. The fourth-order valence-electron chi connectivity index (χ4n) is 2.55. The van der Waals surface area contributed by atoms with Gasteiger partial charge in [0.1, 0.15) is 5.82 Å². The molecule has 0 unspecified atom stereocenters. The third-order valence-electron chi connectivity index (χ3n) is 3.65. The van der Waals surface area contributed by atoms with Crippen LogP contribution in [0.3, 0.4) is 0 Å². The predicted molar refractivity (Wildman–Crippen MR) is 79.1 cm³/mol. The molecule has 0 radical (unpaired) electrons. The summed E-state index contributed by atoms with van der Waals surface area (Å²) >= 11 is 1.57. The van der Waals surface area contributed by atoms with Crippen LogP contribution in [0, 0.1) is 5.82 Å². The van der Waals surface area contributed by atoms with Crippen LogP contribution in [0.25, 0.3) is 0 Å². The molecule has 7 heteroatoms. The van der Waals surface area contributed by atoms with Crippen LogP contribution < -0.4 is 0 Å². The second-order valence-corrected chi connectivity index (χ2v) is 8.25. The zero-order valence-electron chi connectivity index (χ0n) is 11.0. The van der Waals surface area contributed by atoms with Gasteiger partial charge in [0.15, 0.2) is 15.0 Å². The predicted octanol–water partition coefficient (Wildman–Crippen LogP) is 1.53. The van der Waals surface area contributed by atoms with Gasteiger partial charge in [-0.2, -0.15) is 0 Å². The molecule has 1 aromatic carbocycles. The van der Waals surface area contributed by atoms with Gasteiger partial charge in [0, 0.05) is 12.8 Å². The highest BCUT2D eigenvalue weighted by atomic mass is 32.2. The van der Waals surface area contributed by atoms with Crippen LogP contribution in [-0.2, 0) is 15.6 Å². The number of hydrogen-bond acceptors (Lipinski definition) is 5. The molecule has 3 rings (SSSR count). The van der Waals surface area contributed by atoms with Crippen molar-refractivity contribution in [3.63, 3.8) is 0 Å². The highest BCUT2D eigenvalue weighted by molar-refractivity contribution is 8.13. The third-order valence-corrected chi connectivity index (χ3v) is 6.48. The van der Waals surface area contributed by atoms with Gasteiger partial charge in [0.25, 0.3) is 0 Å². The molecule has 2 aliphatic heterocycles. The molecule has 0 aromatic heterocycles. The Hall–Kier alpha value is -1.08. The fraction of sp³-hybridized carbons (Fsp3) is 0.462. The van der Waals surface area contributed by atoms with Gasteiger partial charge in [-0.25, -0.2) is 12.8 Å². The topological polar surface area (TPSA) is 49.7 Å². The van der Waals surface area contributed by atoms with Crippen LogP contribution in [0.4, 0.5) is 4.39 Å². The van der Waals surface area contributed by atoms with Crippen molar-refractivity contribution in [3.05, 3.63) is 35.6 Å². The summed E-state index contributed by atoms with van der Waals surface area (Å²) in [7, 11) is -1.04. The van der Waals surface area contributed by atoms with Crippen LogP contribution >= 0.6 is 11.8 Å². The van der Waals surface area contributed by atoms with Crippen molar-refractivity contribution in [2.75, 3.05) is 18.6 Å². The Labute approximate surface area is 122 Å². The van der Waals surface area contributed by atoms with Gasteiger partial charge in [0.2, 0.25) is 0 Å². The lowest BCUT2D eigenvalue weighted by Crippen LogP contribution is -2.35. The van der Waals surface area contributed by atoms with Crippen LogP contribution in [0.1, 0.15) is 5.56 Å². The Balaban J connectivity index is 1.66. The Kier molecular flexibility index (Phi) is 3.50. The molecule has 1 saturated heterocycles. The van der Waals surface area contributed by atoms with Gasteiger partial charge >= 0.3 is 0 Å². The van der Waals surface area contributed by atoms with E-state index >= 15 is 0 Å². The van der Waals surface area contributed by atoms with E-state index < -0.39 is 9.84 Å². The first-order valence-corrected chi connectivity index (χ1v) is 9.14. The molecule has 0 N–H and O–H groups in total. The van der Waals surface area contributed by atoms with Crippen LogP contribution in [0.15, 0.2) is 29.3 Å². The molecule has 0 bridgehead atoms. The van der Waals surface area contributed by atoms with Gasteiger partial charge in [-0.05, 0) is 17.7 Å². The first kappa shape index (κ1) is 13.9. The Bertz CT molecular complexity index is 643. The summed E-state index contributed by atoms with van der Waals surface area (Å²) in [6.07, 6.45) is 0. The first-order chi connectivity index (χ1) is 9.44. The molecule has 108 valence electrons. The second kappa shape index (κ2) is 5.04. The summed E-state index contributed by atoms with van der Waals surface area (Å²) in [6.45, 7) is 0. The van der Waals surface area contributed by atoms with Gasteiger partial charge in [-0.3, -0.25) is 4.99 Å². The minimum atomic E-state index is -2.93. The summed E-state index contributed by atoms with van der Waals surface area (Å²) in [5.74, 6) is 0.810. The molecule has 0 aliphatic carbocycles. The molecule has 4 nitrogen and oxygen atoms in total. The van der Waals surface area contributed by atoms with Crippen molar-refractivity contribution in [2.45, 2.75) is 17.8 Å². The lowest BCUT2D eigenvalue weighted by molar-refractivity contribution is 0.410. The smallest absolute Gasteiger partial charge is 0.159 e. The van der Waals surface area contributed by atoms with Gasteiger partial charge in [-0.15, -0.1) is 0 Å². The number of sulfone groups is 1. The summed E-state index contributed by atoms with van der Waals surface area (Å²) < 4.78 is 36.0. The van der Waals surface area contributed by atoms with Crippen molar-refractivity contribution in [1.82, 2.24) is 4.90 Å². The van der Waals surface area contributed by atoms with Crippen molar-refractivity contribution in [3.8, 4) is 0 Å². The maximum absolute atomic E-state index is 12.8. The Morgan fingerprint density at radius 1 is 1.35 bits per heavy atom. The van der Waals surface area contributed by atoms with E-state index in [1.54, 1.807) is 23.9 Å². The van der Waals surface area contributed by atoms with E-state index in [1.807, 2.05) is 11.9 Å². The quantitative estimate of drug-likeness (QED) is 0.830. The first-order valence-electron chi connectivity index (χ1n) is 6.33. The minimum Gasteiger partial charge on any atom is -0.348 e. The fourth-order valence-corrected chi connectivity index (χ4v) is 5.50. The standard InChI is InChI=1S/C13H15FN2O2S2/c1-16-12-8-20(17,18)7-11(12)15-13(16)19-6-9-2-4-10(14)5-3-9/h2-5,11-12H,6-8H2,1H3/t11-,12-/m1/s1. The molecule has 2 aliphatic rings. The van der Waals surface area contributed by atoms with E-state index in [1.165, 1.54) is 12.1 Å². The number of aliphatic imine (C=N–C) groups is 1. The summed E-state index contributed by atoms with van der Waals surface area (Å²) in [4.78, 5) is 6.47. The molecule has 20 heavy (non-hydrogen) atoms. The van der Waals surface area contributed by atoms with Crippen LogP contribution in [-0.4, -0.2) is 49.1 Å². The summed E-state index contributed by atoms with van der Waals surface area (Å²) in [5, 5.41) is 0.874. The monoisotopic (exact) mass is 314 g/mol. The van der Waals surface area contributed by atoms with Crippen LogP contribution in [0.5, 0.6) is 0 Å². The average Bonchev–Trinajstić information content (AvgIpc) is 2.83. The molecule has 0 amide bonds. The molecule has 0 spiro atoms. The highest BCUT2D eigenvalue weighted by Crippen LogP contribution is 2.30. The van der Waals surface area contributed by atoms with E-state index in [2.05, 4.69) is 4.99 Å². The van der Waals surface area contributed by atoms with E-state index in [-0.39, 0.29) is 29.4 Å². The molecule has 2 heterocycles. The molecular formula is C13H15FN2O2S2. The number of likely N-dealkylation sites (N-methyl/N-ethyl adjacent to an activating group) is 1. The molecule has 1 fully saturated rings. The maximum atomic E-state index is 12.8. The third kappa shape index (κ3) is 2.69. The zero-order valence-corrected chi connectivity index (χ0v) is 12.6. The Morgan fingerprint density at radius 3 is 2.70 bits per heavy atom. The lowest BCUT2D eigenvalue weighted by atomic mass is 10.2. The van der Waals surface area contributed by atoms with Crippen molar-refractivity contribution in [2.24, 2.45) is 4.99 Å². The van der Waals surface area contributed by atoms with Gasteiger partial charge in [0.05, 0.1) is 23.6 Å². The number of rotatable bonds is 2. The highest BCUT2D eigenvalue weighted by Gasteiger charge is 2.44. The lowest BCUT2D eigenvalue weighted by Gasteiger charge is -2.20. The SMILES string of the molecule is CN1C(SCc2ccc(F)cc2)=N[C@@H]2CS(=O)(=O)C[C@H]21. The number of benzene rings is 1. The van der Waals surface area contributed by atoms with Gasteiger partial charge < -0.3 is 4.90 Å². The maximum Gasteiger partial charge on any atom is 0.159 e. The van der Waals surface area contributed by atoms with E-state index in [0.717, 1.165) is 10.7 Å². The van der Waals surface area contributed by atoms with Crippen LogP contribution in [0.2, 0.25) is 0 Å². The normalized spacial score (nSPS) is 27.5. The minimum absolute atomic E-state index is 0.0179. The molecular weight excluding hydrogens is 299 g/mol. The Morgan fingerprint density at radius 2 is 2.05 bits per heavy atom. The van der Waals surface area contributed by atoms with E-state index in [9.17, 15) is 12.8 Å². The van der Waals surface area contributed by atoms with Crippen molar-refractivity contribution < 1.29 is 12.8 Å². The zero-order chi connectivity index (χ0) is 14.3. The van der Waals surface area contributed by atoms with Crippen molar-refractivity contribution in [1.29, 1.82) is 0 Å². The molecule has 2 atom stereocenters.